The summed E-state index contributed by atoms with van der Waals surface area (Å²) in [5, 5.41) is 8.12. The minimum absolute atomic E-state index is 0. The first-order chi connectivity index (χ1) is 7.45. The van der Waals surface area contributed by atoms with E-state index >= 15 is 0 Å². The molecule has 0 saturated heterocycles. The van der Waals surface area contributed by atoms with Crippen LogP contribution in [-0.2, 0) is 0 Å². The summed E-state index contributed by atoms with van der Waals surface area (Å²) >= 11 is 0. The van der Waals surface area contributed by atoms with E-state index in [0.29, 0.717) is 11.6 Å². The Morgan fingerprint density at radius 3 is 1.69 bits per heavy atom. The van der Waals surface area contributed by atoms with Crippen molar-refractivity contribution >= 4 is 11.6 Å². The van der Waals surface area contributed by atoms with Gasteiger partial charge in [0.1, 0.15) is 11.6 Å². The molecule has 0 saturated carbocycles. The van der Waals surface area contributed by atoms with Crippen LogP contribution in [-0.4, -0.2) is 9.97 Å². The molecular formula is C11H9LiN4+. The minimum Gasteiger partial charge on any atom is -0.237 e. The molecule has 0 atom stereocenters. The van der Waals surface area contributed by atoms with Crippen molar-refractivity contribution in [2.45, 2.75) is 0 Å². The molecule has 0 bridgehead atoms. The Balaban J connectivity index is 0.00000128. The third-order valence-electron chi connectivity index (χ3n) is 1.68. The molecule has 0 aliphatic heterocycles. The Bertz CT molecular complexity index is 354. The van der Waals surface area contributed by atoms with Crippen LogP contribution in [0.4, 0.5) is 11.6 Å². The fraction of sp³-hybridized carbons (Fsp3) is 0. The zero-order valence-corrected chi connectivity index (χ0v) is 8.99. The summed E-state index contributed by atoms with van der Waals surface area (Å²) in [5.41, 5.74) is 0. The van der Waals surface area contributed by atoms with Gasteiger partial charge in [-0.25, -0.2) is 20.6 Å². The van der Waals surface area contributed by atoms with E-state index in [1.54, 1.807) is 12.4 Å². The molecule has 73 valence electrons. The molecule has 16 heavy (non-hydrogen) atoms. The molecule has 0 fully saturated rings. The normalized spacial score (nSPS) is 9.00. The first-order valence-electron chi connectivity index (χ1n) is 4.50. The van der Waals surface area contributed by atoms with Crippen LogP contribution in [0.2, 0.25) is 0 Å². The van der Waals surface area contributed by atoms with Gasteiger partial charge < -0.3 is 0 Å². The summed E-state index contributed by atoms with van der Waals surface area (Å²) in [4.78, 5) is 8.06. The van der Waals surface area contributed by atoms with Gasteiger partial charge in [-0.3, -0.25) is 0 Å². The Morgan fingerprint density at radius 2 is 1.31 bits per heavy atom. The molecule has 0 spiro atoms. The second kappa shape index (κ2) is 6.89. The van der Waals surface area contributed by atoms with Crippen molar-refractivity contribution in [1.82, 2.24) is 20.6 Å². The van der Waals surface area contributed by atoms with Crippen LogP contribution in [0.25, 0.3) is 0 Å². The molecule has 0 unspecified atom stereocenters. The Kier molecular flexibility index (Phi) is 5.41. The van der Waals surface area contributed by atoms with Crippen molar-refractivity contribution < 1.29 is 18.9 Å². The molecule has 4 nitrogen and oxygen atoms in total. The molecule has 2 aromatic rings. The molecule has 0 aliphatic rings. The molecule has 2 heterocycles. The van der Waals surface area contributed by atoms with Crippen molar-refractivity contribution in [1.29, 1.82) is 0 Å². The summed E-state index contributed by atoms with van der Waals surface area (Å²) in [5.74, 6) is 1.27. The van der Waals surface area contributed by atoms with Crippen LogP contribution < -0.4 is 29.5 Å². The minimum atomic E-state index is 0. The topological polar surface area (TPSA) is 54.0 Å². The van der Waals surface area contributed by atoms with Crippen molar-refractivity contribution in [3.63, 3.8) is 0 Å². The van der Waals surface area contributed by atoms with Gasteiger partial charge in [-0.05, 0) is 24.3 Å². The zero-order valence-electron chi connectivity index (χ0n) is 8.99. The monoisotopic (exact) mass is 204 g/mol. The van der Waals surface area contributed by atoms with Crippen LogP contribution in [0, 0.1) is 6.67 Å². The van der Waals surface area contributed by atoms with E-state index in [1.807, 2.05) is 36.4 Å². The van der Waals surface area contributed by atoms with Crippen molar-refractivity contribution in [2.24, 2.45) is 0 Å². The smallest absolute Gasteiger partial charge is 0.237 e. The maximum absolute atomic E-state index is 4.06. The van der Waals surface area contributed by atoms with Crippen LogP contribution >= 0.6 is 0 Å². The maximum atomic E-state index is 4.06. The Hall–Kier alpha value is -1.50. The SMILES string of the molecule is [CH]([N]c1ccccn1)[N]c1ccccn1.[Li+]. The Morgan fingerprint density at radius 1 is 0.812 bits per heavy atom. The van der Waals surface area contributed by atoms with Crippen LogP contribution in [0.3, 0.4) is 0 Å². The van der Waals surface area contributed by atoms with Gasteiger partial charge in [-0.2, -0.15) is 0 Å². The van der Waals surface area contributed by atoms with Gasteiger partial charge in [0, 0.05) is 12.4 Å². The predicted molar refractivity (Wildman–Crippen MR) is 56.4 cm³/mol. The van der Waals surface area contributed by atoms with Gasteiger partial charge in [-0.1, -0.05) is 12.1 Å². The van der Waals surface area contributed by atoms with Crippen LogP contribution in [0.1, 0.15) is 0 Å². The molecule has 3 radical (unpaired) electrons. The first kappa shape index (κ1) is 12.6. The van der Waals surface area contributed by atoms with Gasteiger partial charge in [-0.15, -0.1) is 0 Å². The number of hydrogen-bond acceptors (Lipinski definition) is 2. The quantitative estimate of drug-likeness (QED) is 0.586. The molecular weight excluding hydrogens is 195 g/mol. The molecule has 5 heteroatoms. The standard InChI is InChI=1S/C11H9N4.Li/c1-3-7-12-10(5-1)14-9-15-11-6-2-4-8-13-11;/h1-9H;/q;+1. The van der Waals surface area contributed by atoms with Crippen molar-refractivity contribution in [2.75, 3.05) is 0 Å². The van der Waals surface area contributed by atoms with E-state index in [2.05, 4.69) is 20.6 Å². The fourth-order valence-corrected chi connectivity index (χ4v) is 1.01. The van der Waals surface area contributed by atoms with Gasteiger partial charge in [0.05, 0.1) is 0 Å². The van der Waals surface area contributed by atoms with E-state index in [4.69, 9.17) is 0 Å². The molecule has 2 aromatic heterocycles. The molecule has 0 N–H and O–H groups in total. The third kappa shape index (κ3) is 3.93. The van der Waals surface area contributed by atoms with E-state index in [0.717, 1.165) is 0 Å². The van der Waals surface area contributed by atoms with Crippen LogP contribution in [0.15, 0.2) is 48.8 Å². The number of hydrogen-bond donors (Lipinski definition) is 0. The van der Waals surface area contributed by atoms with Crippen molar-refractivity contribution in [3.05, 3.63) is 55.5 Å². The van der Waals surface area contributed by atoms with Gasteiger partial charge >= 0.3 is 18.9 Å². The summed E-state index contributed by atoms with van der Waals surface area (Å²) in [6.07, 6.45) is 3.38. The second-order valence-electron chi connectivity index (χ2n) is 2.75. The number of aromatic nitrogens is 2. The number of pyridine rings is 2. The fourth-order valence-electron chi connectivity index (χ4n) is 1.01. The zero-order chi connectivity index (χ0) is 10.3. The Labute approximate surface area is 107 Å². The number of nitrogens with zero attached hydrogens (tertiary/aromatic N) is 4. The third-order valence-corrected chi connectivity index (χ3v) is 1.68. The van der Waals surface area contributed by atoms with Crippen LogP contribution in [0.5, 0.6) is 0 Å². The largest absolute Gasteiger partial charge is 1.00 e. The average molecular weight is 204 g/mol. The van der Waals surface area contributed by atoms with E-state index < -0.39 is 0 Å². The summed E-state index contributed by atoms with van der Waals surface area (Å²) in [7, 11) is 0. The summed E-state index contributed by atoms with van der Waals surface area (Å²) in [6, 6.07) is 11.1. The summed E-state index contributed by atoms with van der Waals surface area (Å²) in [6.45, 7) is 1.45. The number of rotatable bonds is 4. The molecule has 0 amide bonds. The van der Waals surface area contributed by atoms with Gasteiger partial charge in [0.2, 0.25) is 0 Å². The van der Waals surface area contributed by atoms with Gasteiger partial charge in [0.15, 0.2) is 6.67 Å². The predicted octanol–water partition coefficient (Wildman–Crippen LogP) is -1.23. The van der Waals surface area contributed by atoms with E-state index in [1.165, 1.54) is 6.67 Å². The van der Waals surface area contributed by atoms with Crippen molar-refractivity contribution in [3.8, 4) is 0 Å². The first-order valence-corrected chi connectivity index (χ1v) is 4.50. The van der Waals surface area contributed by atoms with Gasteiger partial charge in [0.25, 0.3) is 0 Å². The van der Waals surface area contributed by atoms with E-state index in [9.17, 15) is 0 Å². The average Bonchev–Trinajstić information content (AvgIpc) is 2.32. The molecule has 0 aliphatic carbocycles. The molecule has 2 rings (SSSR count). The van der Waals surface area contributed by atoms with E-state index in [-0.39, 0.29) is 18.9 Å². The maximum Gasteiger partial charge on any atom is 1.00 e. The second-order valence-corrected chi connectivity index (χ2v) is 2.75. The molecule has 0 aromatic carbocycles. The summed E-state index contributed by atoms with van der Waals surface area (Å²) < 4.78 is 0.